The van der Waals surface area contributed by atoms with Crippen LogP contribution in [0.3, 0.4) is 0 Å². The van der Waals surface area contributed by atoms with E-state index in [9.17, 15) is 14.0 Å². The number of aromatic nitrogens is 2. The van der Waals surface area contributed by atoms with Crippen LogP contribution in [0.15, 0.2) is 52.4 Å². The molecule has 11 heteroatoms. The van der Waals surface area contributed by atoms with E-state index in [4.69, 9.17) is 22.1 Å². The highest BCUT2D eigenvalue weighted by Crippen LogP contribution is 2.36. The molecule has 1 saturated heterocycles. The standard InChI is InChI=1S/C24H23ClFN5O3S/c1-28-16-6-7-31(11-16)24-29-10-21(35-17-3-4-18(22(27)33)19(25)9-17)23(30-24)34-13-14-2-5-20(26)15(8-14)12-32/h2-5,8-10,12,16,28H,6-7,11,13H2,1H3,(H2,27,33)/t16-/m1/s1. The van der Waals surface area contributed by atoms with Gasteiger partial charge in [0.05, 0.1) is 27.2 Å². The van der Waals surface area contributed by atoms with Gasteiger partial charge >= 0.3 is 0 Å². The number of nitrogens with zero attached hydrogens (tertiary/aromatic N) is 3. The number of nitrogens with one attached hydrogen (secondary N) is 1. The van der Waals surface area contributed by atoms with Crippen molar-refractivity contribution in [2.45, 2.75) is 28.9 Å². The maximum atomic E-state index is 13.7. The van der Waals surface area contributed by atoms with Gasteiger partial charge in [-0.2, -0.15) is 4.98 Å². The number of primary amides is 1. The Kier molecular flexibility index (Phi) is 7.84. The van der Waals surface area contributed by atoms with Crippen LogP contribution in [0.25, 0.3) is 0 Å². The second kappa shape index (κ2) is 11.0. The minimum Gasteiger partial charge on any atom is -0.472 e. The zero-order valence-corrected chi connectivity index (χ0v) is 20.4. The van der Waals surface area contributed by atoms with Crippen LogP contribution in [-0.4, -0.2) is 48.3 Å². The minimum atomic E-state index is -0.609. The van der Waals surface area contributed by atoms with E-state index in [0.717, 1.165) is 24.4 Å². The number of amides is 1. The van der Waals surface area contributed by atoms with E-state index in [1.54, 1.807) is 30.5 Å². The average Bonchev–Trinajstić information content (AvgIpc) is 3.33. The Hall–Kier alpha value is -3.21. The van der Waals surface area contributed by atoms with Gasteiger partial charge in [-0.3, -0.25) is 9.59 Å². The van der Waals surface area contributed by atoms with Crippen molar-refractivity contribution in [1.82, 2.24) is 15.3 Å². The number of carbonyl (C=O) groups is 2. The van der Waals surface area contributed by atoms with E-state index in [0.29, 0.717) is 34.6 Å². The van der Waals surface area contributed by atoms with Gasteiger partial charge in [-0.1, -0.05) is 29.4 Å². The summed E-state index contributed by atoms with van der Waals surface area (Å²) in [5.74, 6) is -0.326. The van der Waals surface area contributed by atoms with Crippen molar-refractivity contribution in [2.75, 3.05) is 25.0 Å². The van der Waals surface area contributed by atoms with Crippen LogP contribution in [0.2, 0.25) is 5.02 Å². The number of nitrogens with two attached hydrogens (primary N) is 1. The fourth-order valence-corrected chi connectivity index (χ4v) is 4.86. The molecule has 3 N–H and O–H groups in total. The van der Waals surface area contributed by atoms with Crippen molar-refractivity contribution in [3.63, 3.8) is 0 Å². The van der Waals surface area contributed by atoms with Gasteiger partial charge in [-0.15, -0.1) is 0 Å². The van der Waals surface area contributed by atoms with Crippen molar-refractivity contribution < 1.29 is 18.7 Å². The summed E-state index contributed by atoms with van der Waals surface area (Å²) in [5.41, 5.74) is 6.15. The molecule has 2 heterocycles. The maximum Gasteiger partial charge on any atom is 0.250 e. The summed E-state index contributed by atoms with van der Waals surface area (Å²) in [6, 6.07) is 9.50. The van der Waals surface area contributed by atoms with Gasteiger partial charge in [0.15, 0.2) is 6.29 Å². The van der Waals surface area contributed by atoms with E-state index in [2.05, 4.69) is 20.2 Å². The molecule has 182 valence electrons. The van der Waals surface area contributed by atoms with E-state index < -0.39 is 11.7 Å². The number of hydrogen-bond donors (Lipinski definition) is 2. The van der Waals surface area contributed by atoms with Crippen LogP contribution in [0.5, 0.6) is 5.88 Å². The van der Waals surface area contributed by atoms with Crippen LogP contribution in [0.1, 0.15) is 32.7 Å². The largest absolute Gasteiger partial charge is 0.472 e. The molecule has 1 aliphatic rings. The first-order chi connectivity index (χ1) is 16.9. The normalized spacial score (nSPS) is 15.3. The van der Waals surface area contributed by atoms with Crippen LogP contribution in [0.4, 0.5) is 10.3 Å². The third kappa shape index (κ3) is 5.90. The Balaban J connectivity index is 1.61. The lowest BCUT2D eigenvalue weighted by molar-refractivity contribution is 0.1000. The van der Waals surface area contributed by atoms with E-state index >= 15 is 0 Å². The first kappa shape index (κ1) is 24.9. The third-order valence-electron chi connectivity index (χ3n) is 5.59. The number of anilines is 1. The Bertz CT molecular complexity index is 1260. The molecule has 0 saturated carbocycles. The fourth-order valence-electron chi connectivity index (χ4n) is 3.66. The second-order valence-electron chi connectivity index (χ2n) is 7.93. The predicted molar refractivity (Wildman–Crippen MR) is 132 cm³/mol. The van der Waals surface area contributed by atoms with Crippen LogP contribution in [-0.2, 0) is 6.61 Å². The van der Waals surface area contributed by atoms with Crippen molar-refractivity contribution in [3.05, 3.63) is 70.1 Å². The molecule has 1 atom stereocenters. The monoisotopic (exact) mass is 515 g/mol. The van der Waals surface area contributed by atoms with Gasteiger partial charge in [0, 0.05) is 24.0 Å². The molecule has 2 aromatic carbocycles. The first-order valence-corrected chi connectivity index (χ1v) is 12.0. The maximum absolute atomic E-state index is 13.7. The van der Waals surface area contributed by atoms with Crippen molar-refractivity contribution in [3.8, 4) is 5.88 Å². The summed E-state index contributed by atoms with van der Waals surface area (Å²) in [4.78, 5) is 35.2. The molecule has 35 heavy (non-hydrogen) atoms. The summed E-state index contributed by atoms with van der Waals surface area (Å²) < 4.78 is 19.7. The summed E-state index contributed by atoms with van der Waals surface area (Å²) in [5, 5.41) is 3.51. The van der Waals surface area contributed by atoms with Gasteiger partial charge < -0.3 is 20.7 Å². The number of likely N-dealkylation sites (N-methyl/N-ethyl adjacent to an activating group) is 1. The zero-order valence-electron chi connectivity index (χ0n) is 18.8. The number of halogens is 2. The first-order valence-electron chi connectivity index (χ1n) is 10.8. The van der Waals surface area contributed by atoms with Gasteiger partial charge in [0.1, 0.15) is 12.4 Å². The van der Waals surface area contributed by atoms with Gasteiger partial charge in [0.25, 0.3) is 0 Å². The van der Waals surface area contributed by atoms with E-state index in [1.165, 1.54) is 23.9 Å². The molecule has 1 amide bonds. The number of hydrogen-bond acceptors (Lipinski definition) is 8. The lowest BCUT2D eigenvalue weighted by Gasteiger charge is -2.18. The molecule has 0 radical (unpaired) electrons. The quantitative estimate of drug-likeness (QED) is 0.415. The number of ether oxygens (including phenoxy) is 1. The van der Waals surface area contributed by atoms with Crippen molar-refractivity contribution in [2.24, 2.45) is 5.73 Å². The summed E-state index contributed by atoms with van der Waals surface area (Å²) >= 11 is 7.52. The summed E-state index contributed by atoms with van der Waals surface area (Å²) in [6.07, 6.45) is 3.11. The molecule has 1 aliphatic heterocycles. The Morgan fingerprint density at radius 2 is 2.20 bits per heavy atom. The molecular formula is C24H23ClFN5O3S. The SMILES string of the molecule is CN[C@@H]1CCN(c2ncc(Sc3ccc(C(N)=O)c(Cl)c3)c(OCc3ccc(F)c(C=O)c3)n2)C1. The predicted octanol–water partition coefficient (Wildman–Crippen LogP) is 3.71. The number of carbonyl (C=O) groups excluding carboxylic acids is 2. The molecule has 4 rings (SSSR count). The van der Waals surface area contributed by atoms with Crippen LogP contribution >= 0.6 is 23.4 Å². The topological polar surface area (TPSA) is 110 Å². The van der Waals surface area contributed by atoms with Gasteiger partial charge in [-0.25, -0.2) is 9.37 Å². The van der Waals surface area contributed by atoms with E-state index in [1.807, 2.05) is 7.05 Å². The zero-order chi connectivity index (χ0) is 24.9. The van der Waals surface area contributed by atoms with Gasteiger partial charge in [-0.05, 0) is 49.4 Å². The Morgan fingerprint density at radius 3 is 2.89 bits per heavy atom. The van der Waals surface area contributed by atoms with Crippen LogP contribution in [0, 0.1) is 5.82 Å². The molecule has 3 aromatic rings. The lowest BCUT2D eigenvalue weighted by atomic mass is 10.1. The van der Waals surface area contributed by atoms with E-state index in [-0.39, 0.29) is 22.8 Å². The molecule has 0 spiro atoms. The van der Waals surface area contributed by atoms with Crippen molar-refractivity contribution in [1.29, 1.82) is 0 Å². The number of rotatable bonds is 9. The highest BCUT2D eigenvalue weighted by atomic mass is 35.5. The highest BCUT2D eigenvalue weighted by molar-refractivity contribution is 7.99. The molecular weight excluding hydrogens is 493 g/mol. The number of aldehydes is 1. The molecule has 8 nitrogen and oxygen atoms in total. The van der Waals surface area contributed by atoms with Crippen LogP contribution < -0.4 is 20.7 Å². The minimum absolute atomic E-state index is 0.0385. The smallest absolute Gasteiger partial charge is 0.250 e. The molecule has 0 aliphatic carbocycles. The molecule has 0 unspecified atom stereocenters. The lowest BCUT2D eigenvalue weighted by Crippen LogP contribution is -2.30. The second-order valence-corrected chi connectivity index (χ2v) is 9.45. The summed E-state index contributed by atoms with van der Waals surface area (Å²) in [6.45, 7) is 1.65. The Morgan fingerprint density at radius 1 is 1.37 bits per heavy atom. The summed E-state index contributed by atoms with van der Waals surface area (Å²) in [7, 11) is 1.92. The Labute approximate surface area is 211 Å². The highest BCUT2D eigenvalue weighted by Gasteiger charge is 2.24. The fraction of sp³-hybridized carbons (Fsp3) is 0.250. The average molecular weight is 516 g/mol. The third-order valence-corrected chi connectivity index (χ3v) is 6.89. The molecule has 0 bridgehead atoms. The molecule has 1 fully saturated rings. The van der Waals surface area contributed by atoms with Gasteiger partial charge in [0.2, 0.25) is 17.7 Å². The van der Waals surface area contributed by atoms with Crippen molar-refractivity contribution >= 4 is 41.5 Å². The number of benzene rings is 2. The molecule has 1 aromatic heterocycles.